The monoisotopic (exact) mass is 284 g/mol. The Morgan fingerprint density at radius 3 is 2.62 bits per heavy atom. The number of amides is 2. The molecule has 0 heterocycles. The average Bonchev–Trinajstić information content (AvgIpc) is 2.29. The summed E-state index contributed by atoms with van der Waals surface area (Å²) in [6.07, 6.45) is 1.79. The molecule has 3 nitrogen and oxygen atoms in total. The van der Waals surface area contributed by atoms with Gasteiger partial charge in [-0.3, -0.25) is 0 Å². The van der Waals surface area contributed by atoms with Crippen LogP contribution in [0.15, 0.2) is 28.7 Å². The minimum absolute atomic E-state index is 0.0890. The first-order valence-corrected chi connectivity index (χ1v) is 6.28. The Balaban J connectivity index is 2.25. The summed E-state index contributed by atoms with van der Waals surface area (Å²) in [4.78, 5) is 11.2. The van der Waals surface area contributed by atoms with Crippen molar-refractivity contribution in [2.75, 3.05) is 13.1 Å². The lowest BCUT2D eigenvalue weighted by Gasteiger charge is -2.07. The number of nitrogens with one attached hydrogen (secondary N) is 2. The maximum absolute atomic E-state index is 11.2. The first-order chi connectivity index (χ1) is 7.74. The molecule has 0 saturated heterocycles. The van der Waals surface area contributed by atoms with Gasteiger partial charge in [0.2, 0.25) is 0 Å². The van der Waals surface area contributed by atoms with Crippen LogP contribution in [0.1, 0.15) is 18.9 Å². The van der Waals surface area contributed by atoms with Crippen LogP contribution < -0.4 is 10.6 Å². The van der Waals surface area contributed by atoms with Gasteiger partial charge < -0.3 is 10.6 Å². The summed E-state index contributed by atoms with van der Waals surface area (Å²) < 4.78 is 1.09. The number of hydrogen-bond acceptors (Lipinski definition) is 1. The van der Waals surface area contributed by atoms with Gasteiger partial charge in [-0.15, -0.1) is 0 Å². The van der Waals surface area contributed by atoms with Crippen LogP contribution in [0.4, 0.5) is 4.79 Å². The molecule has 0 radical (unpaired) electrons. The van der Waals surface area contributed by atoms with Gasteiger partial charge in [0.15, 0.2) is 0 Å². The van der Waals surface area contributed by atoms with Crippen molar-refractivity contribution in [2.24, 2.45) is 0 Å². The van der Waals surface area contributed by atoms with Gasteiger partial charge in [-0.1, -0.05) is 41.1 Å². The Hall–Kier alpha value is -1.03. The van der Waals surface area contributed by atoms with Gasteiger partial charge in [0.05, 0.1) is 0 Å². The van der Waals surface area contributed by atoms with E-state index in [0.29, 0.717) is 6.54 Å². The van der Waals surface area contributed by atoms with Crippen molar-refractivity contribution in [1.29, 1.82) is 0 Å². The van der Waals surface area contributed by atoms with E-state index in [2.05, 4.69) is 32.6 Å². The fraction of sp³-hybridized carbons (Fsp3) is 0.417. The Bertz CT molecular complexity index is 342. The van der Waals surface area contributed by atoms with Crippen molar-refractivity contribution in [1.82, 2.24) is 10.6 Å². The zero-order valence-electron chi connectivity index (χ0n) is 9.42. The molecule has 0 saturated carbocycles. The Morgan fingerprint density at radius 1 is 1.25 bits per heavy atom. The number of rotatable bonds is 5. The predicted molar refractivity (Wildman–Crippen MR) is 69.5 cm³/mol. The quantitative estimate of drug-likeness (QED) is 0.858. The van der Waals surface area contributed by atoms with Gasteiger partial charge in [0, 0.05) is 17.6 Å². The lowest BCUT2D eigenvalue weighted by molar-refractivity contribution is 0.241. The van der Waals surface area contributed by atoms with Crippen LogP contribution in [-0.4, -0.2) is 19.1 Å². The molecule has 4 heteroatoms. The van der Waals surface area contributed by atoms with Crippen molar-refractivity contribution in [3.8, 4) is 0 Å². The summed E-state index contributed by atoms with van der Waals surface area (Å²) in [6.45, 7) is 3.40. The molecule has 1 aromatic carbocycles. The molecule has 1 rings (SSSR count). The van der Waals surface area contributed by atoms with Crippen molar-refractivity contribution >= 4 is 22.0 Å². The zero-order valence-corrected chi connectivity index (χ0v) is 11.0. The van der Waals surface area contributed by atoms with E-state index >= 15 is 0 Å². The third kappa shape index (κ3) is 4.66. The predicted octanol–water partition coefficient (Wildman–Crippen LogP) is 2.70. The zero-order chi connectivity index (χ0) is 11.8. The molecule has 0 spiro atoms. The smallest absolute Gasteiger partial charge is 0.314 e. The summed E-state index contributed by atoms with van der Waals surface area (Å²) in [6, 6.07) is 7.95. The van der Waals surface area contributed by atoms with Crippen molar-refractivity contribution < 1.29 is 4.79 Å². The highest BCUT2D eigenvalue weighted by Gasteiger charge is 2.00. The van der Waals surface area contributed by atoms with Crippen LogP contribution in [0, 0.1) is 0 Å². The molecule has 0 aromatic heterocycles. The number of urea groups is 1. The summed E-state index contributed by atoms with van der Waals surface area (Å²) in [5.41, 5.74) is 1.21. The summed E-state index contributed by atoms with van der Waals surface area (Å²) in [7, 11) is 0. The van der Waals surface area contributed by atoms with Gasteiger partial charge in [-0.2, -0.15) is 0 Å². The molecule has 2 amide bonds. The fourth-order valence-electron chi connectivity index (χ4n) is 1.31. The van der Waals surface area contributed by atoms with Crippen molar-refractivity contribution in [3.05, 3.63) is 34.3 Å². The van der Waals surface area contributed by atoms with E-state index < -0.39 is 0 Å². The van der Waals surface area contributed by atoms with E-state index in [1.54, 1.807) is 0 Å². The minimum Gasteiger partial charge on any atom is -0.338 e. The van der Waals surface area contributed by atoms with Crippen molar-refractivity contribution in [3.63, 3.8) is 0 Å². The number of carbonyl (C=O) groups is 1. The lowest BCUT2D eigenvalue weighted by atomic mass is 10.1. The molecule has 0 bridgehead atoms. The molecule has 0 unspecified atom stereocenters. The Labute approximate surface area is 105 Å². The SMILES string of the molecule is CCCNC(=O)NCCc1ccccc1Br. The number of hydrogen-bond donors (Lipinski definition) is 2. The van der Waals surface area contributed by atoms with Crippen LogP contribution in [0.5, 0.6) is 0 Å². The van der Waals surface area contributed by atoms with Gasteiger partial charge in [0.25, 0.3) is 0 Å². The first kappa shape index (κ1) is 13.0. The van der Waals surface area contributed by atoms with E-state index in [1.807, 2.05) is 25.1 Å². The van der Waals surface area contributed by atoms with E-state index in [9.17, 15) is 4.79 Å². The van der Waals surface area contributed by atoms with Crippen molar-refractivity contribution in [2.45, 2.75) is 19.8 Å². The maximum Gasteiger partial charge on any atom is 0.314 e. The van der Waals surface area contributed by atoms with Gasteiger partial charge in [-0.25, -0.2) is 4.79 Å². The van der Waals surface area contributed by atoms with Crippen LogP contribution in [0.2, 0.25) is 0 Å². The molecule has 0 aliphatic heterocycles. The molecule has 0 atom stereocenters. The summed E-state index contributed by atoms with van der Waals surface area (Å²) >= 11 is 3.48. The van der Waals surface area contributed by atoms with E-state index in [0.717, 1.165) is 23.9 Å². The molecular weight excluding hydrogens is 268 g/mol. The highest BCUT2D eigenvalue weighted by Crippen LogP contribution is 2.15. The second-order valence-corrected chi connectivity index (χ2v) is 4.38. The highest BCUT2D eigenvalue weighted by atomic mass is 79.9. The molecule has 88 valence electrons. The topological polar surface area (TPSA) is 41.1 Å². The third-order valence-electron chi connectivity index (χ3n) is 2.17. The molecule has 0 fully saturated rings. The highest BCUT2D eigenvalue weighted by molar-refractivity contribution is 9.10. The molecule has 0 aliphatic rings. The van der Waals surface area contributed by atoms with E-state index in [-0.39, 0.29) is 6.03 Å². The minimum atomic E-state index is -0.0890. The van der Waals surface area contributed by atoms with Crippen LogP contribution in [-0.2, 0) is 6.42 Å². The standard InChI is InChI=1S/C12H17BrN2O/c1-2-8-14-12(16)15-9-7-10-5-3-4-6-11(10)13/h3-6H,2,7-9H2,1H3,(H2,14,15,16). The largest absolute Gasteiger partial charge is 0.338 e. The van der Waals surface area contributed by atoms with Crippen LogP contribution >= 0.6 is 15.9 Å². The molecule has 1 aromatic rings. The summed E-state index contributed by atoms with van der Waals surface area (Å²) in [5, 5.41) is 5.59. The Kier molecular flexibility index (Phi) is 5.93. The second kappa shape index (κ2) is 7.28. The number of carbonyl (C=O) groups excluding carboxylic acids is 1. The lowest BCUT2D eigenvalue weighted by Crippen LogP contribution is -2.36. The van der Waals surface area contributed by atoms with Gasteiger partial charge in [-0.05, 0) is 24.5 Å². The van der Waals surface area contributed by atoms with Gasteiger partial charge >= 0.3 is 6.03 Å². The Morgan fingerprint density at radius 2 is 1.94 bits per heavy atom. The molecule has 0 aliphatic carbocycles. The average molecular weight is 285 g/mol. The van der Waals surface area contributed by atoms with Crippen LogP contribution in [0.3, 0.4) is 0 Å². The normalized spacial score (nSPS) is 9.88. The molecule has 2 N–H and O–H groups in total. The number of halogens is 1. The third-order valence-corrected chi connectivity index (χ3v) is 2.95. The molecular formula is C12H17BrN2O. The first-order valence-electron chi connectivity index (χ1n) is 5.49. The second-order valence-electron chi connectivity index (χ2n) is 3.52. The summed E-state index contributed by atoms with van der Waals surface area (Å²) in [5.74, 6) is 0. The van der Waals surface area contributed by atoms with E-state index in [1.165, 1.54) is 5.56 Å². The fourth-order valence-corrected chi connectivity index (χ4v) is 1.80. The molecule has 16 heavy (non-hydrogen) atoms. The van der Waals surface area contributed by atoms with Gasteiger partial charge in [0.1, 0.15) is 0 Å². The van der Waals surface area contributed by atoms with Crippen LogP contribution in [0.25, 0.3) is 0 Å². The number of benzene rings is 1. The van der Waals surface area contributed by atoms with E-state index in [4.69, 9.17) is 0 Å². The maximum atomic E-state index is 11.2.